The molecule has 0 saturated heterocycles. The molecule has 2 aromatic heterocycles. The fourth-order valence-corrected chi connectivity index (χ4v) is 3.97. The lowest BCUT2D eigenvalue weighted by atomic mass is 9.93. The van der Waals surface area contributed by atoms with E-state index in [1.807, 2.05) is 49.1 Å². The zero-order chi connectivity index (χ0) is 20.5. The standard InChI is InChI=1S/C21H21BrN4O3/c1-4-29-20(27)15-11-26(2)19-14(15)7-5-12-10-23-21(25-18(12)19)24-16-8-6-13(22)9-17(16)28-3/h6,8-11H,4-5,7H2,1-3H3,(H,23,24,25). The van der Waals surface area contributed by atoms with Crippen molar-refractivity contribution in [2.45, 2.75) is 19.8 Å². The van der Waals surface area contributed by atoms with Crippen molar-refractivity contribution >= 4 is 33.5 Å². The number of methoxy groups -OCH3 is 1. The van der Waals surface area contributed by atoms with E-state index in [1.54, 1.807) is 7.11 Å². The third kappa shape index (κ3) is 3.60. The van der Waals surface area contributed by atoms with E-state index in [2.05, 4.69) is 26.2 Å². The molecular weight excluding hydrogens is 436 g/mol. The van der Waals surface area contributed by atoms with Crippen LogP contribution in [0.1, 0.15) is 28.4 Å². The number of aromatic nitrogens is 3. The van der Waals surface area contributed by atoms with Gasteiger partial charge in [-0.3, -0.25) is 0 Å². The number of hydrogen-bond acceptors (Lipinski definition) is 6. The first-order chi connectivity index (χ1) is 14.0. The van der Waals surface area contributed by atoms with Crippen molar-refractivity contribution in [1.82, 2.24) is 14.5 Å². The number of halogens is 1. The number of nitrogens with one attached hydrogen (secondary N) is 1. The van der Waals surface area contributed by atoms with E-state index in [0.717, 1.165) is 45.5 Å². The predicted octanol–water partition coefficient (Wildman–Crippen LogP) is 4.27. The van der Waals surface area contributed by atoms with Crippen LogP contribution < -0.4 is 10.1 Å². The summed E-state index contributed by atoms with van der Waals surface area (Å²) in [5.41, 5.74) is 5.18. The summed E-state index contributed by atoms with van der Waals surface area (Å²) in [4.78, 5) is 21.6. The molecule has 1 aliphatic carbocycles. The van der Waals surface area contributed by atoms with Crippen molar-refractivity contribution < 1.29 is 14.3 Å². The van der Waals surface area contributed by atoms with Crippen LogP contribution in [0.2, 0.25) is 0 Å². The van der Waals surface area contributed by atoms with Gasteiger partial charge in [-0.1, -0.05) is 15.9 Å². The van der Waals surface area contributed by atoms with Crippen molar-refractivity contribution in [3.8, 4) is 17.1 Å². The zero-order valence-electron chi connectivity index (χ0n) is 16.5. The molecule has 0 bridgehead atoms. The number of carbonyl (C=O) groups excluding carboxylic acids is 1. The number of carbonyl (C=O) groups is 1. The van der Waals surface area contributed by atoms with E-state index in [1.165, 1.54) is 0 Å². The smallest absolute Gasteiger partial charge is 0.339 e. The fraction of sp³-hybridized carbons (Fsp3) is 0.286. The van der Waals surface area contributed by atoms with Gasteiger partial charge in [0.2, 0.25) is 5.95 Å². The Bertz CT molecular complexity index is 1090. The van der Waals surface area contributed by atoms with Gasteiger partial charge in [-0.05, 0) is 49.1 Å². The highest BCUT2D eigenvalue weighted by Crippen LogP contribution is 2.36. The summed E-state index contributed by atoms with van der Waals surface area (Å²) >= 11 is 3.44. The molecule has 150 valence electrons. The number of ether oxygens (including phenoxy) is 2. The van der Waals surface area contributed by atoms with Crippen molar-refractivity contribution in [3.63, 3.8) is 0 Å². The highest BCUT2D eigenvalue weighted by molar-refractivity contribution is 9.10. The molecule has 0 radical (unpaired) electrons. The SMILES string of the molecule is CCOC(=O)c1cn(C)c2c1CCc1cnc(Nc3ccc(Br)cc3OC)nc1-2. The summed E-state index contributed by atoms with van der Waals surface area (Å²) in [5, 5.41) is 3.23. The van der Waals surface area contributed by atoms with E-state index in [0.29, 0.717) is 23.9 Å². The van der Waals surface area contributed by atoms with Crippen LogP contribution in [0.4, 0.5) is 11.6 Å². The number of benzene rings is 1. The maximum atomic E-state index is 12.3. The minimum Gasteiger partial charge on any atom is -0.495 e. The van der Waals surface area contributed by atoms with Gasteiger partial charge >= 0.3 is 5.97 Å². The van der Waals surface area contributed by atoms with Crippen LogP contribution >= 0.6 is 15.9 Å². The Balaban J connectivity index is 1.73. The van der Waals surface area contributed by atoms with E-state index in [-0.39, 0.29) is 5.97 Å². The molecule has 1 aliphatic rings. The minimum atomic E-state index is -0.292. The van der Waals surface area contributed by atoms with Crippen LogP contribution in [-0.4, -0.2) is 34.2 Å². The molecule has 0 saturated carbocycles. The van der Waals surface area contributed by atoms with Gasteiger partial charge in [0, 0.05) is 23.9 Å². The highest BCUT2D eigenvalue weighted by atomic mass is 79.9. The summed E-state index contributed by atoms with van der Waals surface area (Å²) < 4.78 is 13.5. The maximum absolute atomic E-state index is 12.3. The third-order valence-corrected chi connectivity index (χ3v) is 5.42. The molecule has 3 aromatic rings. The molecular formula is C21H21BrN4O3. The average molecular weight is 457 g/mol. The Hall–Kier alpha value is -2.87. The normalized spacial score (nSPS) is 12.1. The number of esters is 1. The molecule has 7 nitrogen and oxygen atoms in total. The molecule has 8 heteroatoms. The Morgan fingerprint density at radius 2 is 2.17 bits per heavy atom. The lowest BCUT2D eigenvalue weighted by Crippen LogP contribution is -2.12. The number of hydrogen-bond donors (Lipinski definition) is 1. The average Bonchev–Trinajstić information content (AvgIpc) is 3.06. The predicted molar refractivity (Wildman–Crippen MR) is 114 cm³/mol. The van der Waals surface area contributed by atoms with Gasteiger partial charge in [0.25, 0.3) is 0 Å². The van der Waals surface area contributed by atoms with Crippen molar-refractivity contribution in [2.75, 3.05) is 19.0 Å². The quantitative estimate of drug-likeness (QED) is 0.577. The van der Waals surface area contributed by atoms with Gasteiger partial charge in [-0.15, -0.1) is 0 Å². The van der Waals surface area contributed by atoms with Gasteiger partial charge in [-0.2, -0.15) is 0 Å². The molecule has 0 aliphatic heterocycles. The van der Waals surface area contributed by atoms with E-state index >= 15 is 0 Å². The van der Waals surface area contributed by atoms with Gasteiger partial charge < -0.3 is 19.4 Å². The van der Waals surface area contributed by atoms with Crippen molar-refractivity contribution in [1.29, 1.82) is 0 Å². The molecule has 2 heterocycles. The van der Waals surface area contributed by atoms with Gasteiger partial charge in [0.1, 0.15) is 5.75 Å². The second-order valence-corrected chi connectivity index (χ2v) is 7.65. The fourth-order valence-electron chi connectivity index (χ4n) is 3.63. The summed E-state index contributed by atoms with van der Waals surface area (Å²) in [5.74, 6) is 0.862. The lowest BCUT2D eigenvalue weighted by molar-refractivity contribution is 0.0525. The Morgan fingerprint density at radius 3 is 2.93 bits per heavy atom. The second-order valence-electron chi connectivity index (χ2n) is 6.74. The third-order valence-electron chi connectivity index (χ3n) is 4.92. The summed E-state index contributed by atoms with van der Waals surface area (Å²) in [6, 6.07) is 5.70. The number of fused-ring (bicyclic) bond motifs is 3. The zero-order valence-corrected chi connectivity index (χ0v) is 18.0. The largest absolute Gasteiger partial charge is 0.495 e. The van der Waals surface area contributed by atoms with Crippen LogP contribution in [0.25, 0.3) is 11.4 Å². The van der Waals surface area contributed by atoms with Gasteiger partial charge in [-0.25, -0.2) is 14.8 Å². The topological polar surface area (TPSA) is 78.3 Å². The van der Waals surface area contributed by atoms with Crippen LogP contribution in [0.15, 0.2) is 35.1 Å². The van der Waals surface area contributed by atoms with E-state index in [9.17, 15) is 4.79 Å². The molecule has 0 atom stereocenters. The molecule has 1 N–H and O–H groups in total. The Labute approximate surface area is 177 Å². The van der Waals surface area contributed by atoms with Gasteiger partial charge in [0.05, 0.1) is 36.4 Å². The van der Waals surface area contributed by atoms with E-state index < -0.39 is 0 Å². The molecule has 29 heavy (non-hydrogen) atoms. The molecule has 0 unspecified atom stereocenters. The highest BCUT2D eigenvalue weighted by Gasteiger charge is 2.28. The summed E-state index contributed by atoms with van der Waals surface area (Å²) in [6.07, 6.45) is 5.20. The van der Waals surface area contributed by atoms with Crippen LogP contribution in [0.3, 0.4) is 0 Å². The molecule has 0 fully saturated rings. The maximum Gasteiger partial charge on any atom is 0.339 e. The molecule has 0 amide bonds. The minimum absolute atomic E-state index is 0.292. The van der Waals surface area contributed by atoms with Crippen molar-refractivity contribution in [3.05, 3.63) is 51.8 Å². The first-order valence-electron chi connectivity index (χ1n) is 9.34. The van der Waals surface area contributed by atoms with Crippen LogP contribution in [-0.2, 0) is 24.6 Å². The second kappa shape index (κ2) is 7.87. The summed E-state index contributed by atoms with van der Waals surface area (Å²) in [6.45, 7) is 2.16. The monoisotopic (exact) mass is 456 g/mol. The lowest BCUT2D eigenvalue weighted by Gasteiger charge is -2.19. The molecule has 0 spiro atoms. The first kappa shape index (κ1) is 19.4. The van der Waals surface area contributed by atoms with Crippen molar-refractivity contribution in [2.24, 2.45) is 7.05 Å². The molecule has 4 rings (SSSR count). The van der Waals surface area contributed by atoms with Crippen LogP contribution in [0.5, 0.6) is 5.75 Å². The Morgan fingerprint density at radius 1 is 1.34 bits per heavy atom. The Kier molecular flexibility index (Phi) is 5.27. The number of aryl methyl sites for hydroxylation is 2. The molecule has 1 aromatic carbocycles. The first-order valence-corrected chi connectivity index (χ1v) is 10.1. The van der Waals surface area contributed by atoms with Crippen LogP contribution in [0, 0.1) is 0 Å². The number of anilines is 2. The summed E-state index contributed by atoms with van der Waals surface area (Å²) in [7, 11) is 3.54. The van der Waals surface area contributed by atoms with Gasteiger partial charge in [0.15, 0.2) is 0 Å². The van der Waals surface area contributed by atoms with E-state index in [4.69, 9.17) is 14.5 Å². The number of rotatable bonds is 5. The number of nitrogens with zero attached hydrogens (tertiary/aromatic N) is 3.